The lowest BCUT2D eigenvalue weighted by Crippen LogP contribution is -2.45. The molecule has 1 aromatic heterocycles. The number of aromatic nitrogens is 2. The van der Waals surface area contributed by atoms with Crippen LogP contribution in [0.3, 0.4) is 0 Å². The Morgan fingerprint density at radius 3 is 2.73 bits per heavy atom. The van der Waals surface area contributed by atoms with E-state index < -0.39 is 0 Å². The minimum atomic E-state index is -0.0981. The van der Waals surface area contributed by atoms with Gasteiger partial charge in [0.05, 0.1) is 24.4 Å². The van der Waals surface area contributed by atoms with Crippen molar-refractivity contribution in [3.8, 4) is 0 Å². The predicted octanol–water partition coefficient (Wildman–Crippen LogP) is 1.48. The van der Waals surface area contributed by atoms with E-state index in [1.165, 1.54) is 18.4 Å². The van der Waals surface area contributed by atoms with E-state index in [0.717, 1.165) is 57.9 Å². The molecule has 26 heavy (non-hydrogen) atoms. The topological polar surface area (TPSA) is 61.7 Å². The summed E-state index contributed by atoms with van der Waals surface area (Å²) in [5.74, 6) is 2.05. The monoisotopic (exact) mass is 358 g/mol. The van der Waals surface area contributed by atoms with Gasteiger partial charge in [-0.25, -0.2) is 9.97 Å². The molecule has 142 valence electrons. The Morgan fingerprint density at radius 1 is 1.23 bits per heavy atom. The van der Waals surface area contributed by atoms with Gasteiger partial charge in [-0.3, -0.25) is 0 Å². The van der Waals surface area contributed by atoms with E-state index in [0.29, 0.717) is 17.9 Å². The van der Waals surface area contributed by atoms with E-state index in [4.69, 9.17) is 4.74 Å². The lowest BCUT2D eigenvalue weighted by molar-refractivity contribution is 0.0124. The molecule has 6 nitrogen and oxygen atoms in total. The van der Waals surface area contributed by atoms with Gasteiger partial charge in [0.1, 0.15) is 0 Å². The third-order valence-electron chi connectivity index (χ3n) is 7.19. The molecule has 4 aliphatic rings. The van der Waals surface area contributed by atoms with Crippen LogP contribution in [-0.2, 0) is 11.2 Å². The first-order chi connectivity index (χ1) is 12.7. The number of piperidine rings is 1. The maximum absolute atomic E-state index is 9.77. The zero-order valence-electron chi connectivity index (χ0n) is 15.7. The molecule has 0 unspecified atom stereocenters. The van der Waals surface area contributed by atoms with E-state index in [1.54, 1.807) is 0 Å². The van der Waals surface area contributed by atoms with Crippen LogP contribution >= 0.6 is 0 Å². The molecule has 4 saturated heterocycles. The summed E-state index contributed by atoms with van der Waals surface area (Å²) in [6, 6.07) is 0. The lowest BCUT2D eigenvalue weighted by Gasteiger charge is -2.36. The van der Waals surface area contributed by atoms with Crippen LogP contribution in [0.1, 0.15) is 38.2 Å². The fourth-order valence-corrected chi connectivity index (χ4v) is 5.68. The number of rotatable bonds is 4. The highest BCUT2D eigenvalue weighted by Gasteiger charge is 2.63. The molecule has 0 amide bonds. The van der Waals surface area contributed by atoms with Crippen molar-refractivity contribution in [2.45, 2.75) is 56.8 Å². The van der Waals surface area contributed by atoms with Gasteiger partial charge < -0.3 is 19.6 Å². The Kier molecular flexibility index (Phi) is 4.18. The second kappa shape index (κ2) is 6.43. The summed E-state index contributed by atoms with van der Waals surface area (Å²) in [6.45, 7) is 7.25. The summed E-state index contributed by atoms with van der Waals surface area (Å²) >= 11 is 0. The molecule has 0 aromatic carbocycles. The summed E-state index contributed by atoms with van der Waals surface area (Å²) in [7, 11) is 0. The van der Waals surface area contributed by atoms with Crippen molar-refractivity contribution in [2.75, 3.05) is 37.6 Å². The predicted molar refractivity (Wildman–Crippen MR) is 99.1 cm³/mol. The van der Waals surface area contributed by atoms with Crippen LogP contribution in [0.15, 0.2) is 12.4 Å². The number of fused-ring (bicyclic) bond motifs is 1. The quantitative estimate of drug-likeness (QED) is 0.880. The first kappa shape index (κ1) is 16.9. The van der Waals surface area contributed by atoms with Gasteiger partial charge in [-0.05, 0) is 37.7 Å². The second-order valence-electron chi connectivity index (χ2n) is 8.69. The molecular weight excluding hydrogens is 328 g/mol. The number of hydrogen-bond donors (Lipinski definition) is 1. The van der Waals surface area contributed by atoms with E-state index in [-0.39, 0.29) is 11.7 Å². The zero-order chi connectivity index (χ0) is 17.7. The van der Waals surface area contributed by atoms with Crippen LogP contribution < -0.4 is 4.90 Å². The molecule has 0 saturated carbocycles. The van der Waals surface area contributed by atoms with Gasteiger partial charge in [0.25, 0.3) is 0 Å². The largest absolute Gasteiger partial charge is 0.393 e. The highest BCUT2D eigenvalue weighted by molar-refractivity contribution is 5.36. The molecule has 2 bridgehead atoms. The van der Waals surface area contributed by atoms with Crippen LogP contribution in [-0.4, -0.2) is 70.5 Å². The van der Waals surface area contributed by atoms with Gasteiger partial charge in [-0.2, -0.15) is 0 Å². The second-order valence-corrected chi connectivity index (χ2v) is 8.69. The molecule has 0 radical (unpaired) electrons. The number of nitrogens with zero attached hydrogens (tertiary/aromatic N) is 4. The average molecular weight is 358 g/mol. The molecule has 0 aliphatic carbocycles. The first-order valence-electron chi connectivity index (χ1n) is 10.3. The SMILES string of the molecule is CCc1cnc(N2C[C@@H]3[C@H](CN4CCC(O)CC4)[C@H]4CC[C@]3(C2)O4)nc1. The van der Waals surface area contributed by atoms with Gasteiger partial charge in [0, 0.05) is 50.4 Å². The Morgan fingerprint density at radius 2 is 2.00 bits per heavy atom. The summed E-state index contributed by atoms with van der Waals surface area (Å²) < 4.78 is 6.58. The molecule has 1 N–H and O–H groups in total. The van der Waals surface area contributed by atoms with Crippen molar-refractivity contribution in [1.29, 1.82) is 0 Å². The summed E-state index contributed by atoms with van der Waals surface area (Å²) in [5, 5.41) is 9.77. The number of anilines is 1. The first-order valence-corrected chi connectivity index (χ1v) is 10.3. The molecule has 4 aliphatic heterocycles. The molecule has 6 heteroatoms. The highest BCUT2D eigenvalue weighted by atomic mass is 16.5. The smallest absolute Gasteiger partial charge is 0.225 e. The van der Waals surface area contributed by atoms with Crippen LogP contribution in [0.2, 0.25) is 0 Å². The maximum atomic E-state index is 9.77. The normalized spacial score (nSPS) is 37.5. The van der Waals surface area contributed by atoms with Crippen molar-refractivity contribution in [2.24, 2.45) is 11.8 Å². The van der Waals surface area contributed by atoms with Crippen molar-refractivity contribution in [3.63, 3.8) is 0 Å². The van der Waals surface area contributed by atoms with E-state index in [1.807, 2.05) is 12.4 Å². The number of aryl methyl sites for hydroxylation is 1. The fourth-order valence-electron chi connectivity index (χ4n) is 5.68. The standard InChI is InChI=1S/C20H30N4O2/c1-2-14-9-21-19(22-10-14)24-12-17-16(11-23-7-4-15(25)5-8-23)18-3-6-20(17,13-24)26-18/h9-10,15-18,25H,2-8,11-13H2,1H3/t16-,17+,18+,20+/m0/s1. The number of aliphatic hydroxyl groups excluding tert-OH is 1. The van der Waals surface area contributed by atoms with E-state index >= 15 is 0 Å². The van der Waals surface area contributed by atoms with Crippen molar-refractivity contribution in [1.82, 2.24) is 14.9 Å². The Hall–Kier alpha value is -1.24. The number of ether oxygens (including phenoxy) is 1. The van der Waals surface area contributed by atoms with Crippen LogP contribution in [0.25, 0.3) is 0 Å². The third-order valence-corrected chi connectivity index (χ3v) is 7.19. The molecule has 4 fully saturated rings. The van der Waals surface area contributed by atoms with Crippen LogP contribution in [0.4, 0.5) is 5.95 Å². The zero-order valence-corrected chi connectivity index (χ0v) is 15.7. The van der Waals surface area contributed by atoms with Crippen molar-refractivity contribution in [3.05, 3.63) is 18.0 Å². The average Bonchev–Trinajstić information content (AvgIpc) is 3.33. The summed E-state index contributed by atoms with van der Waals surface area (Å²) in [5.41, 5.74) is 1.21. The minimum absolute atomic E-state index is 0.0252. The highest BCUT2D eigenvalue weighted by Crippen LogP contribution is 2.55. The Bertz CT molecular complexity index is 646. The fraction of sp³-hybridized carbons (Fsp3) is 0.800. The molecule has 1 spiro atoms. The van der Waals surface area contributed by atoms with E-state index in [2.05, 4.69) is 26.7 Å². The van der Waals surface area contributed by atoms with Gasteiger partial charge >= 0.3 is 0 Å². The van der Waals surface area contributed by atoms with Crippen LogP contribution in [0.5, 0.6) is 0 Å². The number of likely N-dealkylation sites (tertiary alicyclic amines) is 1. The number of aliphatic hydroxyl groups is 1. The van der Waals surface area contributed by atoms with Gasteiger partial charge in [-0.1, -0.05) is 6.92 Å². The summed E-state index contributed by atoms with van der Waals surface area (Å²) in [6.07, 6.45) is 9.44. The number of hydrogen-bond acceptors (Lipinski definition) is 6. The maximum Gasteiger partial charge on any atom is 0.225 e. The minimum Gasteiger partial charge on any atom is -0.393 e. The molecular formula is C20H30N4O2. The molecule has 1 aromatic rings. The third kappa shape index (κ3) is 2.74. The van der Waals surface area contributed by atoms with Gasteiger partial charge in [-0.15, -0.1) is 0 Å². The van der Waals surface area contributed by atoms with Crippen LogP contribution in [0, 0.1) is 11.8 Å². The molecule has 5 rings (SSSR count). The lowest BCUT2D eigenvalue weighted by atomic mass is 9.73. The molecule has 5 heterocycles. The summed E-state index contributed by atoms with van der Waals surface area (Å²) in [4.78, 5) is 14.1. The Balaban J connectivity index is 1.30. The molecule has 4 atom stereocenters. The van der Waals surface area contributed by atoms with Gasteiger partial charge in [0.2, 0.25) is 5.95 Å². The van der Waals surface area contributed by atoms with Gasteiger partial charge in [0.15, 0.2) is 0 Å². The van der Waals surface area contributed by atoms with E-state index in [9.17, 15) is 5.11 Å². The Labute approximate surface area is 155 Å². The van der Waals surface area contributed by atoms with Crippen molar-refractivity contribution >= 4 is 5.95 Å². The van der Waals surface area contributed by atoms with Crippen molar-refractivity contribution < 1.29 is 9.84 Å².